The Balaban J connectivity index is 2.96. The van der Waals surface area contributed by atoms with Crippen molar-refractivity contribution in [3.8, 4) is 0 Å². The predicted molar refractivity (Wildman–Crippen MR) is 72.8 cm³/mol. The molecule has 0 radical (unpaired) electrons. The van der Waals surface area contributed by atoms with E-state index >= 15 is 0 Å². The van der Waals surface area contributed by atoms with Crippen LogP contribution in [0.15, 0.2) is 24.4 Å². The van der Waals surface area contributed by atoms with Crippen LogP contribution in [-0.2, 0) is 0 Å². The van der Waals surface area contributed by atoms with E-state index in [0.29, 0.717) is 6.04 Å². The van der Waals surface area contributed by atoms with Gasteiger partial charge in [-0.15, -0.1) is 0 Å². The van der Waals surface area contributed by atoms with E-state index in [1.165, 1.54) is 0 Å². The van der Waals surface area contributed by atoms with Crippen molar-refractivity contribution >= 4 is 0 Å². The van der Waals surface area contributed by atoms with Gasteiger partial charge in [0.25, 0.3) is 0 Å². The molecule has 3 atom stereocenters. The Bertz CT molecular complexity index is 313. The van der Waals surface area contributed by atoms with E-state index < -0.39 is 0 Å². The average Bonchev–Trinajstić information content (AvgIpc) is 2.38. The first-order valence-corrected chi connectivity index (χ1v) is 6.50. The number of hydrogen-bond acceptors (Lipinski definition) is 3. The van der Waals surface area contributed by atoms with Gasteiger partial charge >= 0.3 is 0 Å². The second-order valence-electron chi connectivity index (χ2n) is 4.69. The standard InChI is InChI=1S/C14H25N3/c1-5-11(3)17(4)14(12(15)6-2)13-9-7-8-10-16-13/h7-12,14H,5-6,15H2,1-4H3. The molecule has 2 N–H and O–H groups in total. The summed E-state index contributed by atoms with van der Waals surface area (Å²) in [4.78, 5) is 6.81. The van der Waals surface area contributed by atoms with Crippen LogP contribution in [0.3, 0.4) is 0 Å². The van der Waals surface area contributed by atoms with E-state index in [0.717, 1.165) is 18.5 Å². The van der Waals surface area contributed by atoms with Gasteiger partial charge in [-0.3, -0.25) is 9.88 Å². The van der Waals surface area contributed by atoms with Crippen molar-refractivity contribution < 1.29 is 0 Å². The number of rotatable bonds is 6. The molecule has 0 aromatic carbocycles. The van der Waals surface area contributed by atoms with Crippen LogP contribution in [0.1, 0.15) is 45.3 Å². The molecule has 3 nitrogen and oxygen atoms in total. The maximum Gasteiger partial charge on any atom is 0.0673 e. The Morgan fingerprint density at radius 3 is 2.47 bits per heavy atom. The third kappa shape index (κ3) is 3.51. The number of nitrogens with zero attached hydrogens (tertiary/aromatic N) is 2. The van der Waals surface area contributed by atoms with Crippen LogP contribution in [0, 0.1) is 0 Å². The summed E-state index contributed by atoms with van der Waals surface area (Å²) in [5, 5.41) is 0. The lowest BCUT2D eigenvalue weighted by Crippen LogP contribution is -2.43. The third-order valence-electron chi connectivity index (χ3n) is 3.59. The molecule has 0 aliphatic heterocycles. The van der Waals surface area contributed by atoms with Crippen LogP contribution in [0.25, 0.3) is 0 Å². The van der Waals surface area contributed by atoms with Crippen LogP contribution >= 0.6 is 0 Å². The van der Waals surface area contributed by atoms with E-state index in [2.05, 4.69) is 43.8 Å². The van der Waals surface area contributed by atoms with E-state index in [9.17, 15) is 0 Å². The van der Waals surface area contributed by atoms with Crippen molar-refractivity contribution in [1.82, 2.24) is 9.88 Å². The number of nitrogens with two attached hydrogens (primary N) is 1. The lowest BCUT2D eigenvalue weighted by Gasteiger charge is -2.35. The highest BCUT2D eigenvalue weighted by molar-refractivity contribution is 5.11. The number of pyridine rings is 1. The molecule has 0 saturated heterocycles. The summed E-state index contributed by atoms with van der Waals surface area (Å²) in [5.74, 6) is 0. The van der Waals surface area contributed by atoms with E-state index in [1.807, 2.05) is 18.3 Å². The summed E-state index contributed by atoms with van der Waals surface area (Å²) in [6.07, 6.45) is 3.92. The number of hydrogen-bond donors (Lipinski definition) is 1. The van der Waals surface area contributed by atoms with Crippen LogP contribution in [0.2, 0.25) is 0 Å². The quantitative estimate of drug-likeness (QED) is 0.824. The van der Waals surface area contributed by atoms with Gasteiger partial charge in [0, 0.05) is 18.3 Å². The monoisotopic (exact) mass is 235 g/mol. The molecular weight excluding hydrogens is 210 g/mol. The number of aromatic nitrogens is 1. The largest absolute Gasteiger partial charge is 0.326 e. The molecule has 0 aliphatic rings. The Kier molecular flexibility index (Phi) is 5.59. The summed E-state index contributed by atoms with van der Waals surface area (Å²) in [6.45, 7) is 6.57. The van der Waals surface area contributed by atoms with Crippen molar-refractivity contribution in [3.05, 3.63) is 30.1 Å². The van der Waals surface area contributed by atoms with Gasteiger partial charge in [-0.1, -0.05) is 19.9 Å². The van der Waals surface area contributed by atoms with E-state index in [-0.39, 0.29) is 12.1 Å². The molecule has 0 aliphatic carbocycles. The molecular formula is C14H25N3. The molecule has 17 heavy (non-hydrogen) atoms. The van der Waals surface area contributed by atoms with Gasteiger partial charge in [-0.05, 0) is 38.9 Å². The van der Waals surface area contributed by atoms with Crippen molar-refractivity contribution in [2.45, 2.75) is 51.7 Å². The van der Waals surface area contributed by atoms with Crippen LogP contribution in [0.5, 0.6) is 0 Å². The fourth-order valence-corrected chi connectivity index (χ4v) is 2.07. The summed E-state index contributed by atoms with van der Waals surface area (Å²) in [5.41, 5.74) is 7.33. The minimum Gasteiger partial charge on any atom is -0.326 e. The van der Waals surface area contributed by atoms with Crippen molar-refractivity contribution in [2.24, 2.45) is 5.73 Å². The van der Waals surface area contributed by atoms with Gasteiger partial charge < -0.3 is 5.73 Å². The van der Waals surface area contributed by atoms with Crippen molar-refractivity contribution in [1.29, 1.82) is 0 Å². The lowest BCUT2D eigenvalue weighted by atomic mass is 9.99. The molecule has 96 valence electrons. The highest BCUT2D eigenvalue weighted by Crippen LogP contribution is 2.24. The maximum absolute atomic E-state index is 6.26. The van der Waals surface area contributed by atoms with Crippen LogP contribution in [-0.4, -0.2) is 29.0 Å². The Morgan fingerprint density at radius 1 is 1.29 bits per heavy atom. The molecule has 1 rings (SSSR count). The fraction of sp³-hybridized carbons (Fsp3) is 0.643. The molecule has 0 bridgehead atoms. The second-order valence-corrected chi connectivity index (χ2v) is 4.69. The van der Waals surface area contributed by atoms with Gasteiger partial charge in [0.05, 0.1) is 11.7 Å². The topological polar surface area (TPSA) is 42.1 Å². The van der Waals surface area contributed by atoms with Crippen molar-refractivity contribution in [3.63, 3.8) is 0 Å². The van der Waals surface area contributed by atoms with Gasteiger partial charge in [0.1, 0.15) is 0 Å². The third-order valence-corrected chi connectivity index (χ3v) is 3.59. The van der Waals surface area contributed by atoms with Crippen LogP contribution < -0.4 is 5.73 Å². The summed E-state index contributed by atoms with van der Waals surface area (Å²) in [7, 11) is 2.14. The molecule has 0 spiro atoms. The summed E-state index contributed by atoms with van der Waals surface area (Å²) >= 11 is 0. The Morgan fingerprint density at radius 2 is 2.00 bits per heavy atom. The highest BCUT2D eigenvalue weighted by Gasteiger charge is 2.26. The molecule has 0 amide bonds. The molecule has 3 heteroatoms. The van der Waals surface area contributed by atoms with E-state index in [1.54, 1.807) is 0 Å². The average molecular weight is 235 g/mol. The van der Waals surface area contributed by atoms with Gasteiger partial charge in [-0.2, -0.15) is 0 Å². The SMILES string of the molecule is CCC(N)C(c1ccccn1)N(C)C(C)CC. The fourth-order valence-electron chi connectivity index (χ4n) is 2.07. The van der Waals surface area contributed by atoms with Gasteiger partial charge in [0.15, 0.2) is 0 Å². The minimum absolute atomic E-state index is 0.129. The Labute approximate surface area is 105 Å². The first-order valence-electron chi connectivity index (χ1n) is 6.50. The minimum atomic E-state index is 0.129. The summed E-state index contributed by atoms with van der Waals surface area (Å²) < 4.78 is 0. The van der Waals surface area contributed by atoms with Gasteiger partial charge in [0.2, 0.25) is 0 Å². The first kappa shape index (κ1) is 14.1. The first-order chi connectivity index (χ1) is 8.11. The molecule has 1 aromatic rings. The molecule has 1 aromatic heterocycles. The zero-order valence-corrected chi connectivity index (χ0v) is 11.4. The maximum atomic E-state index is 6.26. The summed E-state index contributed by atoms with van der Waals surface area (Å²) in [6, 6.07) is 6.89. The molecule has 3 unspecified atom stereocenters. The van der Waals surface area contributed by atoms with Crippen LogP contribution in [0.4, 0.5) is 0 Å². The highest BCUT2D eigenvalue weighted by atomic mass is 15.2. The molecule has 0 fully saturated rings. The van der Waals surface area contributed by atoms with E-state index in [4.69, 9.17) is 5.73 Å². The smallest absolute Gasteiger partial charge is 0.0673 e. The second kappa shape index (κ2) is 6.72. The molecule has 0 saturated carbocycles. The van der Waals surface area contributed by atoms with Crippen molar-refractivity contribution in [2.75, 3.05) is 7.05 Å². The number of likely N-dealkylation sites (N-methyl/N-ethyl adjacent to an activating group) is 1. The predicted octanol–water partition coefficient (Wildman–Crippen LogP) is 2.59. The zero-order chi connectivity index (χ0) is 12.8. The zero-order valence-electron chi connectivity index (χ0n) is 11.4. The van der Waals surface area contributed by atoms with Gasteiger partial charge in [-0.25, -0.2) is 0 Å². The Hall–Kier alpha value is -0.930. The molecule has 1 heterocycles. The normalized spacial score (nSPS) is 16.8. The lowest BCUT2D eigenvalue weighted by molar-refractivity contribution is 0.151.